The number of Topliss-reactive ketones (excluding diaryl/α,β-unsaturated/α-hetero) is 2. The summed E-state index contributed by atoms with van der Waals surface area (Å²) < 4.78 is 0. The van der Waals surface area contributed by atoms with Crippen molar-refractivity contribution in [3.8, 4) is 0 Å². The highest BCUT2D eigenvalue weighted by atomic mass is 16.2. The van der Waals surface area contributed by atoms with Gasteiger partial charge >= 0.3 is 0 Å². The fraction of sp³-hybridized carbons (Fsp3) is 0.526. The molecular formula is C19H23NO3. The van der Waals surface area contributed by atoms with Crippen molar-refractivity contribution in [3.05, 3.63) is 34.4 Å². The second kappa shape index (κ2) is 5.91. The summed E-state index contributed by atoms with van der Waals surface area (Å²) in [6.45, 7) is 5.90. The summed E-state index contributed by atoms with van der Waals surface area (Å²) >= 11 is 0. The SMILES string of the molecule is Cc1cc(C)c(C2C(=O)CC(CC(=O)NC3CC3)C2=O)c(C)c1. The fourth-order valence-corrected chi connectivity index (χ4v) is 3.72. The number of ketones is 2. The van der Waals surface area contributed by atoms with E-state index in [0.717, 1.165) is 35.1 Å². The molecule has 3 rings (SSSR count). The Kier molecular flexibility index (Phi) is 4.09. The summed E-state index contributed by atoms with van der Waals surface area (Å²) in [6, 6.07) is 4.30. The Bertz CT molecular complexity index is 665. The van der Waals surface area contributed by atoms with E-state index in [1.165, 1.54) is 0 Å². The van der Waals surface area contributed by atoms with Gasteiger partial charge in [-0.2, -0.15) is 0 Å². The number of rotatable bonds is 4. The first-order chi connectivity index (χ1) is 10.9. The molecule has 0 saturated heterocycles. The molecule has 2 saturated carbocycles. The monoisotopic (exact) mass is 313 g/mol. The summed E-state index contributed by atoms with van der Waals surface area (Å²) in [5.41, 5.74) is 3.94. The van der Waals surface area contributed by atoms with E-state index in [0.29, 0.717) is 0 Å². The minimum Gasteiger partial charge on any atom is -0.353 e. The number of carbonyl (C=O) groups excluding carboxylic acids is 3. The summed E-state index contributed by atoms with van der Waals surface area (Å²) in [7, 11) is 0. The van der Waals surface area contributed by atoms with Crippen LogP contribution < -0.4 is 5.32 Å². The maximum Gasteiger partial charge on any atom is 0.220 e. The normalized spacial score (nSPS) is 24.1. The maximum atomic E-state index is 12.7. The van der Waals surface area contributed by atoms with E-state index < -0.39 is 11.8 Å². The molecule has 4 nitrogen and oxygen atoms in total. The van der Waals surface area contributed by atoms with Gasteiger partial charge in [0.2, 0.25) is 5.91 Å². The van der Waals surface area contributed by atoms with Gasteiger partial charge in [0.05, 0.1) is 0 Å². The van der Waals surface area contributed by atoms with Crippen LogP contribution >= 0.6 is 0 Å². The van der Waals surface area contributed by atoms with Crippen LogP contribution in [0.4, 0.5) is 0 Å². The largest absolute Gasteiger partial charge is 0.353 e. The van der Waals surface area contributed by atoms with Crippen LogP contribution in [-0.4, -0.2) is 23.5 Å². The van der Waals surface area contributed by atoms with Crippen molar-refractivity contribution in [1.82, 2.24) is 5.32 Å². The van der Waals surface area contributed by atoms with Gasteiger partial charge in [-0.05, 0) is 50.3 Å². The first-order valence-electron chi connectivity index (χ1n) is 8.30. The van der Waals surface area contributed by atoms with Gasteiger partial charge < -0.3 is 5.32 Å². The molecule has 122 valence electrons. The van der Waals surface area contributed by atoms with Crippen molar-refractivity contribution < 1.29 is 14.4 Å². The fourth-order valence-electron chi connectivity index (χ4n) is 3.72. The van der Waals surface area contributed by atoms with Crippen LogP contribution in [0.5, 0.6) is 0 Å². The van der Waals surface area contributed by atoms with Crippen LogP contribution in [0, 0.1) is 26.7 Å². The van der Waals surface area contributed by atoms with Crippen molar-refractivity contribution in [1.29, 1.82) is 0 Å². The molecule has 23 heavy (non-hydrogen) atoms. The average molecular weight is 313 g/mol. The number of aryl methyl sites for hydroxylation is 3. The quantitative estimate of drug-likeness (QED) is 0.869. The van der Waals surface area contributed by atoms with Crippen molar-refractivity contribution in [3.63, 3.8) is 0 Å². The molecule has 0 aromatic heterocycles. The van der Waals surface area contributed by atoms with Crippen molar-refractivity contribution in [2.24, 2.45) is 5.92 Å². The number of nitrogens with one attached hydrogen (secondary N) is 1. The van der Waals surface area contributed by atoms with Crippen LogP contribution in [0.15, 0.2) is 12.1 Å². The highest BCUT2D eigenvalue weighted by molar-refractivity contribution is 6.15. The number of amides is 1. The van der Waals surface area contributed by atoms with E-state index in [9.17, 15) is 14.4 Å². The number of hydrogen-bond donors (Lipinski definition) is 1. The van der Waals surface area contributed by atoms with Crippen LogP contribution in [0.2, 0.25) is 0 Å². The Hall–Kier alpha value is -1.97. The molecule has 1 aromatic rings. The molecule has 0 heterocycles. The zero-order valence-corrected chi connectivity index (χ0v) is 13.9. The molecule has 2 unspecified atom stereocenters. The summed E-state index contributed by atoms with van der Waals surface area (Å²) in [5, 5.41) is 2.90. The summed E-state index contributed by atoms with van der Waals surface area (Å²) in [6.07, 6.45) is 2.37. The summed E-state index contributed by atoms with van der Waals surface area (Å²) in [5.74, 6) is -1.39. The lowest BCUT2D eigenvalue weighted by Crippen LogP contribution is -2.29. The molecule has 1 aromatic carbocycles. The van der Waals surface area contributed by atoms with Gasteiger partial charge in [-0.25, -0.2) is 0 Å². The molecule has 0 bridgehead atoms. The van der Waals surface area contributed by atoms with Crippen LogP contribution in [0.1, 0.15) is 53.9 Å². The van der Waals surface area contributed by atoms with Gasteiger partial charge in [0.25, 0.3) is 0 Å². The molecule has 1 amide bonds. The van der Waals surface area contributed by atoms with Crippen molar-refractivity contribution in [2.45, 2.75) is 58.4 Å². The second-order valence-electron chi connectivity index (χ2n) is 7.06. The third-order valence-corrected chi connectivity index (χ3v) is 4.86. The van der Waals surface area contributed by atoms with Crippen molar-refractivity contribution in [2.75, 3.05) is 0 Å². The molecule has 2 fully saturated rings. The van der Waals surface area contributed by atoms with E-state index in [1.807, 2.05) is 32.9 Å². The third-order valence-electron chi connectivity index (χ3n) is 4.86. The third kappa shape index (κ3) is 3.21. The van der Waals surface area contributed by atoms with Gasteiger partial charge in [-0.3, -0.25) is 14.4 Å². The molecule has 4 heteroatoms. The molecule has 2 aliphatic rings. The molecular weight excluding hydrogens is 290 g/mol. The number of hydrogen-bond acceptors (Lipinski definition) is 3. The van der Waals surface area contributed by atoms with Gasteiger partial charge in [0.1, 0.15) is 11.7 Å². The predicted octanol–water partition coefficient (Wildman–Crippen LogP) is 2.52. The first-order valence-corrected chi connectivity index (χ1v) is 8.30. The lowest BCUT2D eigenvalue weighted by Gasteiger charge is -2.16. The predicted molar refractivity (Wildman–Crippen MR) is 87.3 cm³/mol. The number of benzene rings is 1. The molecule has 0 spiro atoms. The highest BCUT2D eigenvalue weighted by Crippen LogP contribution is 2.37. The van der Waals surface area contributed by atoms with Gasteiger partial charge in [0, 0.05) is 24.8 Å². The molecule has 0 aliphatic heterocycles. The van der Waals surface area contributed by atoms with Gasteiger partial charge in [0.15, 0.2) is 5.78 Å². The Balaban J connectivity index is 1.80. The molecule has 2 aliphatic carbocycles. The molecule has 2 atom stereocenters. The van der Waals surface area contributed by atoms with Crippen LogP contribution in [0.3, 0.4) is 0 Å². The van der Waals surface area contributed by atoms with Crippen molar-refractivity contribution >= 4 is 17.5 Å². The second-order valence-corrected chi connectivity index (χ2v) is 7.06. The van der Waals surface area contributed by atoms with Crippen LogP contribution in [0.25, 0.3) is 0 Å². The average Bonchev–Trinajstić information content (AvgIpc) is 3.20. The minimum atomic E-state index is -0.686. The van der Waals surface area contributed by atoms with E-state index in [4.69, 9.17) is 0 Å². The van der Waals surface area contributed by atoms with Gasteiger partial charge in [-0.15, -0.1) is 0 Å². The minimum absolute atomic E-state index is 0.0470. The van der Waals surface area contributed by atoms with Crippen LogP contribution in [-0.2, 0) is 14.4 Å². The van der Waals surface area contributed by atoms with Gasteiger partial charge in [-0.1, -0.05) is 17.7 Å². The zero-order valence-electron chi connectivity index (χ0n) is 13.9. The summed E-state index contributed by atoms with van der Waals surface area (Å²) in [4.78, 5) is 37.1. The maximum absolute atomic E-state index is 12.7. The van der Waals surface area contributed by atoms with E-state index in [-0.39, 0.29) is 36.4 Å². The zero-order chi connectivity index (χ0) is 16.7. The number of carbonyl (C=O) groups is 3. The molecule has 0 radical (unpaired) electrons. The Morgan fingerprint density at radius 3 is 2.30 bits per heavy atom. The standard InChI is InChI=1S/C19H23NO3/c1-10-6-11(2)17(12(3)7-10)18-15(21)8-13(19(18)23)9-16(22)20-14-4-5-14/h6-7,13-14,18H,4-5,8-9H2,1-3H3,(H,20,22). The lowest BCUT2D eigenvalue weighted by molar-refractivity contribution is -0.128. The van der Waals surface area contributed by atoms with E-state index in [1.54, 1.807) is 0 Å². The topological polar surface area (TPSA) is 63.2 Å². The Morgan fingerprint density at radius 1 is 1.13 bits per heavy atom. The first kappa shape index (κ1) is 15.9. The van der Waals surface area contributed by atoms with E-state index >= 15 is 0 Å². The Morgan fingerprint density at radius 2 is 1.74 bits per heavy atom. The molecule has 1 N–H and O–H groups in total. The highest BCUT2D eigenvalue weighted by Gasteiger charge is 2.44. The smallest absolute Gasteiger partial charge is 0.220 e. The Labute approximate surface area is 136 Å². The van der Waals surface area contributed by atoms with E-state index in [2.05, 4.69) is 5.32 Å². The lowest BCUT2D eigenvalue weighted by atomic mass is 9.86.